The van der Waals surface area contributed by atoms with Crippen molar-refractivity contribution in [1.29, 1.82) is 0 Å². The fourth-order valence-corrected chi connectivity index (χ4v) is 3.54. The van der Waals surface area contributed by atoms with Gasteiger partial charge in [-0.2, -0.15) is 13.2 Å². The average Bonchev–Trinajstić information content (AvgIpc) is 2.68. The zero-order valence-corrected chi connectivity index (χ0v) is 17.5. The van der Waals surface area contributed by atoms with Crippen LogP contribution in [0.3, 0.4) is 0 Å². The number of nitrogens with zero attached hydrogens (tertiary/aromatic N) is 1. The number of carbonyl (C=O) groups is 1. The molecule has 1 atom stereocenters. The fourth-order valence-electron chi connectivity index (χ4n) is 3.10. The Morgan fingerprint density at radius 1 is 1.10 bits per heavy atom. The minimum absolute atomic E-state index is 0.0105. The highest BCUT2D eigenvalue weighted by molar-refractivity contribution is 7.99. The lowest BCUT2D eigenvalue weighted by atomic mass is 10.0. The number of anilines is 1. The molecule has 0 saturated heterocycles. The van der Waals surface area contributed by atoms with Crippen LogP contribution in [-0.2, 0) is 6.18 Å². The summed E-state index contributed by atoms with van der Waals surface area (Å²) in [6.07, 6.45) is -1.95. The Kier molecular flexibility index (Phi) is 6.40. The van der Waals surface area contributed by atoms with Gasteiger partial charge in [-0.25, -0.2) is 8.78 Å². The van der Waals surface area contributed by atoms with Crippen LogP contribution in [0, 0.1) is 18.6 Å². The molecule has 2 N–H and O–H groups in total. The number of rotatable bonds is 5. The minimum Gasteiger partial charge on any atom is -0.345 e. The van der Waals surface area contributed by atoms with E-state index in [-0.39, 0.29) is 22.0 Å². The molecule has 0 fully saturated rings. The van der Waals surface area contributed by atoms with E-state index in [1.165, 1.54) is 24.1 Å². The van der Waals surface area contributed by atoms with Gasteiger partial charge in [-0.15, -0.1) is 0 Å². The van der Waals surface area contributed by atoms with Crippen molar-refractivity contribution in [3.63, 3.8) is 0 Å². The number of pyridine rings is 1. The van der Waals surface area contributed by atoms with E-state index < -0.39 is 35.3 Å². The van der Waals surface area contributed by atoms with Gasteiger partial charge in [0.15, 0.2) is 0 Å². The molecule has 1 aromatic heterocycles. The number of amides is 1. The van der Waals surface area contributed by atoms with Crippen LogP contribution >= 0.6 is 11.9 Å². The number of hydrogen-bond acceptors (Lipinski definition) is 4. The average molecular weight is 455 g/mol. The zero-order chi connectivity index (χ0) is 22.9. The summed E-state index contributed by atoms with van der Waals surface area (Å²) in [5, 5.41) is 2.67. The number of halogens is 5. The number of carbonyl (C=O) groups excluding carboxylic acids is 1. The van der Waals surface area contributed by atoms with E-state index in [0.717, 1.165) is 11.8 Å². The van der Waals surface area contributed by atoms with Gasteiger partial charge in [0.05, 0.1) is 22.7 Å². The molecule has 0 radical (unpaired) electrons. The molecule has 2 aromatic carbocycles. The maximum Gasteiger partial charge on any atom is 0.419 e. The molecule has 0 bridgehead atoms. The Balaban J connectivity index is 1.85. The SMILES string of the molecule is CSNc1cc(F)c(C(C)NC(=O)c2cnc3cc(C(F)(F)F)c(F)cc3c2)cc1C. The van der Waals surface area contributed by atoms with Crippen molar-refractivity contribution >= 4 is 34.4 Å². The van der Waals surface area contributed by atoms with Crippen LogP contribution < -0.4 is 10.0 Å². The smallest absolute Gasteiger partial charge is 0.345 e. The van der Waals surface area contributed by atoms with Crippen molar-refractivity contribution < 1.29 is 26.7 Å². The third kappa shape index (κ3) is 4.90. The molecular weight excluding hydrogens is 437 g/mol. The summed E-state index contributed by atoms with van der Waals surface area (Å²) < 4.78 is 69.9. The maximum atomic E-state index is 14.5. The Bertz CT molecular complexity index is 1150. The highest BCUT2D eigenvalue weighted by Crippen LogP contribution is 2.33. The molecule has 1 unspecified atom stereocenters. The van der Waals surface area contributed by atoms with Gasteiger partial charge in [0, 0.05) is 29.1 Å². The van der Waals surface area contributed by atoms with Crippen LogP contribution in [0.5, 0.6) is 0 Å². The second-order valence-corrected chi connectivity index (χ2v) is 7.55. The second-order valence-electron chi connectivity index (χ2n) is 6.94. The van der Waals surface area contributed by atoms with Crippen molar-refractivity contribution in [2.75, 3.05) is 11.0 Å². The zero-order valence-electron chi connectivity index (χ0n) is 16.7. The van der Waals surface area contributed by atoms with Crippen molar-refractivity contribution in [3.05, 3.63) is 70.4 Å². The standard InChI is InChI=1S/C21H18F5N3OS/c1-10-4-14(16(22)8-18(10)29-31-3)11(2)28-20(30)13-5-12-6-17(23)15(21(24,25)26)7-19(12)27-9-13/h4-9,11,29H,1-3H3,(H,28,30). The van der Waals surface area contributed by atoms with Crippen molar-refractivity contribution in [3.8, 4) is 0 Å². The summed E-state index contributed by atoms with van der Waals surface area (Å²) in [6.45, 7) is 3.40. The number of aromatic nitrogens is 1. The molecule has 3 rings (SSSR count). The number of fused-ring (bicyclic) bond motifs is 1. The summed E-state index contributed by atoms with van der Waals surface area (Å²) in [6, 6.07) is 4.77. The maximum absolute atomic E-state index is 14.5. The van der Waals surface area contributed by atoms with Crippen LogP contribution in [0.25, 0.3) is 10.9 Å². The Labute approximate surface area is 179 Å². The summed E-state index contributed by atoms with van der Waals surface area (Å²) >= 11 is 1.32. The van der Waals surface area contributed by atoms with Crippen LogP contribution in [0.2, 0.25) is 0 Å². The van der Waals surface area contributed by atoms with E-state index in [4.69, 9.17) is 0 Å². The van der Waals surface area contributed by atoms with Gasteiger partial charge in [-0.05, 0) is 49.7 Å². The predicted octanol–water partition coefficient (Wildman–Crippen LogP) is 6.02. The molecule has 0 aliphatic rings. The van der Waals surface area contributed by atoms with Gasteiger partial charge >= 0.3 is 6.18 Å². The molecule has 0 aliphatic carbocycles. The van der Waals surface area contributed by atoms with Gasteiger partial charge < -0.3 is 10.0 Å². The monoisotopic (exact) mass is 455 g/mol. The fraction of sp³-hybridized carbons (Fsp3) is 0.238. The van der Waals surface area contributed by atoms with E-state index >= 15 is 0 Å². The highest BCUT2D eigenvalue weighted by Gasteiger charge is 2.34. The summed E-state index contributed by atoms with van der Waals surface area (Å²) in [5.41, 5.74) is 0.158. The van der Waals surface area contributed by atoms with E-state index in [1.54, 1.807) is 19.9 Å². The van der Waals surface area contributed by atoms with Gasteiger partial charge in [-0.1, -0.05) is 11.9 Å². The first-order valence-corrected chi connectivity index (χ1v) is 10.3. The molecule has 4 nitrogen and oxygen atoms in total. The van der Waals surface area contributed by atoms with Crippen molar-refractivity contribution in [1.82, 2.24) is 10.3 Å². The van der Waals surface area contributed by atoms with Crippen molar-refractivity contribution in [2.45, 2.75) is 26.1 Å². The highest BCUT2D eigenvalue weighted by atomic mass is 32.2. The van der Waals surface area contributed by atoms with E-state index in [2.05, 4.69) is 15.0 Å². The first-order chi connectivity index (χ1) is 14.5. The number of aryl methyl sites for hydroxylation is 1. The van der Waals surface area contributed by atoms with Crippen molar-refractivity contribution in [2.24, 2.45) is 0 Å². The Morgan fingerprint density at radius 2 is 1.81 bits per heavy atom. The van der Waals surface area contributed by atoms with Gasteiger partial charge in [0.25, 0.3) is 5.91 Å². The molecule has 1 amide bonds. The molecule has 164 valence electrons. The summed E-state index contributed by atoms with van der Waals surface area (Å²) in [7, 11) is 0. The Hall–Kier alpha value is -2.88. The lowest BCUT2D eigenvalue weighted by molar-refractivity contribution is -0.139. The number of benzene rings is 2. The third-order valence-electron chi connectivity index (χ3n) is 4.71. The van der Waals surface area contributed by atoms with Gasteiger partial charge in [0.1, 0.15) is 11.6 Å². The van der Waals surface area contributed by atoms with Crippen LogP contribution in [-0.4, -0.2) is 17.1 Å². The van der Waals surface area contributed by atoms with Crippen LogP contribution in [0.15, 0.2) is 36.5 Å². The summed E-state index contributed by atoms with van der Waals surface area (Å²) in [5.74, 6) is -2.58. The van der Waals surface area contributed by atoms with E-state index in [9.17, 15) is 26.7 Å². The molecule has 1 heterocycles. The van der Waals surface area contributed by atoms with Gasteiger partial charge in [-0.3, -0.25) is 9.78 Å². The molecule has 0 aliphatic heterocycles. The van der Waals surface area contributed by atoms with E-state index in [1.807, 2.05) is 6.26 Å². The molecule has 3 aromatic rings. The molecule has 0 saturated carbocycles. The molecule has 0 spiro atoms. The van der Waals surface area contributed by atoms with Gasteiger partial charge in [0.2, 0.25) is 0 Å². The van der Waals surface area contributed by atoms with E-state index in [0.29, 0.717) is 17.8 Å². The predicted molar refractivity (Wildman–Crippen MR) is 111 cm³/mol. The third-order valence-corrected chi connectivity index (χ3v) is 5.13. The first-order valence-electron chi connectivity index (χ1n) is 9.07. The minimum atomic E-state index is -4.85. The Morgan fingerprint density at radius 3 is 2.45 bits per heavy atom. The topological polar surface area (TPSA) is 54.0 Å². The molecule has 10 heteroatoms. The number of hydrogen-bond donors (Lipinski definition) is 2. The first kappa shape index (κ1) is 22.8. The quantitative estimate of drug-likeness (QED) is 0.365. The van der Waals surface area contributed by atoms with Crippen LogP contribution in [0.4, 0.5) is 27.6 Å². The normalized spacial score (nSPS) is 12.6. The summed E-state index contributed by atoms with van der Waals surface area (Å²) in [4.78, 5) is 16.4. The largest absolute Gasteiger partial charge is 0.419 e. The lowest BCUT2D eigenvalue weighted by Crippen LogP contribution is -2.27. The molecular formula is C21H18F5N3OS. The molecule has 31 heavy (non-hydrogen) atoms. The second kappa shape index (κ2) is 8.70. The lowest BCUT2D eigenvalue weighted by Gasteiger charge is -2.18. The number of alkyl halides is 3. The van der Waals surface area contributed by atoms with Crippen LogP contribution in [0.1, 0.15) is 40.0 Å². The number of nitrogens with one attached hydrogen (secondary N) is 2.